The average molecular weight is 259 g/mol. The lowest BCUT2D eigenvalue weighted by Crippen LogP contribution is -2.40. The summed E-state index contributed by atoms with van der Waals surface area (Å²) in [6.07, 6.45) is 11.7. The minimum Gasteiger partial charge on any atom is -0.380 e. The molecule has 0 bridgehead atoms. The Morgan fingerprint density at radius 2 is 1.94 bits per heavy atom. The predicted octanol–water partition coefficient (Wildman–Crippen LogP) is 3.46. The Morgan fingerprint density at radius 3 is 2.59 bits per heavy atom. The quantitative estimate of drug-likeness (QED) is 0.641. The Labute approximate surface area is 111 Å². The molecule has 17 heavy (non-hydrogen) atoms. The van der Waals surface area contributed by atoms with Gasteiger partial charge in [0.25, 0.3) is 0 Å². The molecule has 0 unspecified atom stereocenters. The fourth-order valence-corrected chi connectivity index (χ4v) is 3.40. The molecule has 0 spiro atoms. The van der Waals surface area contributed by atoms with Crippen molar-refractivity contribution >= 4 is 11.8 Å². The van der Waals surface area contributed by atoms with Crippen LogP contribution in [0.5, 0.6) is 0 Å². The summed E-state index contributed by atoms with van der Waals surface area (Å²) >= 11 is 2.06. The van der Waals surface area contributed by atoms with Crippen LogP contribution in [0.2, 0.25) is 0 Å². The minimum absolute atomic E-state index is 0.516. The molecule has 1 N–H and O–H groups in total. The van der Waals surface area contributed by atoms with Crippen LogP contribution in [0.15, 0.2) is 0 Å². The van der Waals surface area contributed by atoms with E-state index in [4.69, 9.17) is 4.74 Å². The molecule has 2 nitrogen and oxygen atoms in total. The van der Waals surface area contributed by atoms with Crippen LogP contribution in [0.1, 0.15) is 51.9 Å². The lowest BCUT2D eigenvalue weighted by atomic mass is 9.88. The summed E-state index contributed by atoms with van der Waals surface area (Å²) in [5.41, 5.74) is 0. The van der Waals surface area contributed by atoms with E-state index in [1.807, 2.05) is 0 Å². The molecule has 1 aliphatic rings. The molecule has 0 aromatic rings. The SMILES string of the molecule is CCCCOCCNCC1(SC)CCCCC1. The largest absolute Gasteiger partial charge is 0.380 e. The highest BCUT2D eigenvalue weighted by Gasteiger charge is 2.30. The van der Waals surface area contributed by atoms with E-state index in [9.17, 15) is 0 Å². The summed E-state index contributed by atoms with van der Waals surface area (Å²) in [4.78, 5) is 0. The van der Waals surface area contributed by atoms with Gasteiger partial charge in [-0.2, -0.15) is 11.8 Å². The van der Waals surface area contributed by atoms with Gasteiger partial charge in [-0.25, -0.2) is 0 Å². The zero-order valence-corrected chi connectivity index (χ0v) is 12.4. The van der Waals surface area contributed by atoms with Gasteiger partial charge in [0.15, 0.2) is 0 Å². The van der Waals surface area contributed by atoms with Gasteiger partial charge in [0.1, 0.15) is 0 Å². The van der Waals surface area contributed by atoms with Crippen molar-refractivity contribution in [3.8, 4) is 0 Å². The first-order valence-corrected chi connectivity index (χ1v) is 8.39. The summed E-state index contributed by atoms with van der Waals surface area (Å²) in [6.45, 7) is 6.15. The van der Waals surface area contributed by atoms with Gasteiger partial charge in [0.2, 0.25) is 0 Å². The number of hydrogen-bond donors (Lipinski definition) is 1. The molecule has 0 radical (unpaired) electrons. The molecule has 1 rings (SSSR count). The molecule has 0 aromatic heterocycles. The van der Waals surface area contributed by atoms with Gasteiger partial charge in [0, 0.05) is 24.4 Å². The fraction of sp³-hybridized carbons (Fsp3) is 1.00. The van der Waals surface area contributed by atoms with Crippen LogP contribution in [-0.4, -0.2) is 37.3 Å². The standard InChI is InChI=1S/C14H29NOS/c1-3-4-11-16-12-10-15-13-14(17-2)8-6-5-7-9-14/h15H,3-13H2,1-2H3. The van der Waals surface area contributed by atoms with E-state index in [-0.39, 0.29) is 0 Å². The molecule has 3 heteroatoms. The summed E-state index contributed by atoms with van der Waals surface area (Å²) in [5.74, 6) is 0. The van der Waals surface area contributed by atoms with Crippen molar-refractivity contribution in [1.29, 1.82) is 0 Å². The van der Waals surface area contributed by atoms with Crippen LogP contribution in [0.3, 0.4) is 0 Å². The molecule has 102 valence electrons. The number of hydrogen-bond acceptors (Lipinski definition) is 3. The summed E-state index contributed by atoms with van der Waals surface area (Å²) in [6, 6.07) is 0. The molecule has 0 aliphatic heterocycles. The first kappa shape index (κ1) is 15.3. The van der Waals surface area contributed by atoms with E-state index in [1.165, 1.54) is 44.9 Å². The van der Waals surface area contributed by atoms with Crippen LogP contribution in [0.4, 0.5) is 0 Å². The van der Waals surface area contributed by atoms with Gasteiger partial charge in [-0.05, 0) is 25.5 Å². The fourth-order valence-electron chi connectivity index (χ4n) is 2.46. The van der Waals surface area contributed by atoms with Crippen LogP contribution in [0.25, 0.3) is 0 Å². The van der Waals surface area contributed by atoms with Crippen molar-refractivity contribution in [3.05, 3.63) is 0 Å². The first-order valence-electron chi connectivity index (χ1n) is 7.16. The monoisotopic (exact) mass is 259 g/mol. The highest BCUT2D eigenvalue weighted by atomic mass is 32.2. The maximum absolute atomic E-state index is 5.56. The molecule has 0 saturated heterocycles. The lowest BCUT2D eigenvalue weighted by Gasteiger charge is -2.36. The lowest BCUT2D eigenvalue weighted by molar-refractivity contribution is 0.132. The normalized spacial score (nSPS) is 19.4. The Morgan fingerprint density at radius 1 is 1.18 bits per heavy atom. The van der Waals surface area contributed by atoms with Crippen LogP contribution >= 0.6 is 11.8 Å². The number of ether oxygens (including phenoxy) is 1. The average Bonchev–Trinajstić information content (AvgIpc) is 2.39. The van der Waals surface area contributed by atoms with Gasteiger partial charge in [-0.3, -0.25) is 0 Å². The molecule has 1 fully saturated rings. The molecule has 0 heterocycles. The van der Waals surface area contributed by atoms with Gasteiger partial charge in [0.05, 0.1) is 6.61 Å². The first-order chi connectivity index (χ1) is 8.33. The number of rotatable bonds is 9. The van der Waals surface area contributed by atoms with Gasteiger partial charge >= 0.3 is 0 Å². The summed E-state index contributed by atoms with van der Waals surface area (Å²) < 4.78 is 6.08. The third kappa shape index (κ3) is 6.12. The smallest absolute Gasteiger partial charge is 0.0590 e. The maximum atomic E-state index is 5.56. The van der Waals surface area contributed by atoms with Crippen LogP contribution in [-0.2, 0) is 4.74 Å². The highest BCUT2D eigenvalue weighted by Crippen LogP contribution is 2.37. The summed E-state index contributed by atoms with van der Waals surface area (Å²) in [5, 5.41) is 3.58. The van der Waals surface area contributed by atoms with Crippen molar-refractivity contribution in [2.45, 2.75) is 56.6 Å². The van der Waals surface area contributed by atoms with Crippen molar-refractivity contribution < 1.29 is 4.74 Å². The number of thioether (sulfide) groups is 1. The van der Waals surface area contributed by atoms with Crippen LogP contribution in [0, 0.1) is 0 Å². The summed E-state index contributed by atoms with van der Waals surface area (Å²) in [7, 11) is 0. The second kappa shape index (κ2) is 9.23. The molecule has 0 aromatic carbocycles. The maximum Gasteiger partial charge on any atom is 0.0590 e. The number of unbranched alkanes of at least 4 members (excludes halogenated alkanes) is 1. The predicted molar refractivity (Wildman–Crippen MR) is 77.9 cm³/mol. The van der Waals surface area contributed by atoms with Gasteiger partial charge < -0.3 is 10.1 Å². The topological polar surface area (TPSA) is 21.3 Å². The molecule has 0 atom stereocenters. The Balaban J connectivity index is 2.03. The Bertz CT molecular complexity index is 181. The zero-order chi connectivity index (χ0) is 12.4. The van der Waals surface area contributed by atoms with E-state index < -0.39 is 0 Å². The van der Waals surface area contributed by atoms with E-state index in [2.05, 4.69) is 30.3 Å². The van der Waals surface area contributed by atoms with E-state index >= 15 is 0 Å². The molecule has 1 saturated carbocycles. The zero-order valence-electron chi connectivity index (χ0n) is 11.6. The third-order valence-corrected chi connectivity index (χ3v) is 5.13. The highest BCUT2D eigenvalue weighted by molar-refractivity contribution is 8.00. The molecular formula is C14H29NOS. The van der Waals surface area contributed by atoms with E-state index in [1.54, 1.807) is 0 Å². The van der Waals surface area contributed by atoms with Crippen molar-refractivity contribution in [2.24, 2.45) is 0 Å². The van der Waals surface area contributed by atoms with Gasteiger partial charge in [-0.1, -0.05) is 32.6 Å². The molecular weight excluding hydrogens is 230 g/mol. The third-order valence-electron chi connectivity index (χ3n) is 3.71. The second-order valence-electron chi connectivity index (χ2n) is 5.09. The van der Waals surface area contributed by atoms with Gasteiger partial charge in [-0.15, -0.1) is 0 Å². The van der Waals surface area contributed by atoms with Crippen LogP contribution < -0.4 is 5.32 Å². The Kier molecular flexibility index (Phi) is 8.33. The van der Waals surface area contributed by atoms with Crippen molar-refractivity contribution in [1.82, 2.24) is 5.32 Å². The molecule has 0 amide bonds. The van der Waals surface area contributed by atoms with E-state index in [0.717, 1.165) is 26.3 Å². The van der Waals surface area contributed by atoms with Crippen molar-refractivity contribution in [3.63, 3.8) is 0 Å². The van der Waals surface area contributed by atoms with Crippen molar-refractivity contribution in [2.75, 3.05) is 32.6 Å². The minimum atomic E-state index is 0.516. The van der Waals surface area contributed by atoms with E-state index in [0.29, 0.717) is 4.75 Å². The number of nitrogens with one attached hydrogen (secondary N) is 1. The molecule has 1 aliphatic carbocycles. The Hall–Kier alpha value is 0.270. The second-order valence-corrected chi connectivity index (χ2v) is 6.36.